The fraction of sp³-hybridized carbons (Fsp3) is 0.278. The number of aryl methyl sites for hydroxylation is 1. The summed E-state index contributed by atoms with van der Waals surface area (Å²) < 4.78 is 41.6. The SMILES string of the molecule is COc1ccc(CCC(=O)c2c(O)cc(OCCS(=O)(=O)[O-])cc2O)cc1O.[K+]. The van der Waals surface area contributed by atoms with E-state index in [0.717, 1.165) is 12.1 Å². The predicted molar refractivity (Wildman–Crippen MR) is 97.1 cm³/mol. The molecule has 0 fully saturated rings. The fourth-order valence-corrected chi connectivity index (χ4v) is 2.78. The van der Waals surface area contributed by atoms with Gasteiger partial charge in [0.15, 0.2) is 17.3 Å². The second-order valence-corrected chi connectivity index (χ2v) is 7.40. The second-order valence-electron chi connectivity index (χ2n) is 5.88. The van der Waals surface area contributed by atoms with Crippen molar-refractivity contribution < 1.29 is 93.9 Å². The number of hydrogen-bond donors (Lipinski definition) is 3. The van der Waals surface area contributed by atoms with Gasteiger partial charge in [-0.3, -0.25) is 4.79 Å². The summed E-state index contributed by atoms with van der Waals surface area (Å²) in [5.74, 6) is -2.26. The number of rotatable bonds is 9. The number of phenols is 3. The number of carbonyl (C=O) groups excluding carboxylic acids is 1. The molecular formula is C18H19KO9S. The molecule has 0 saturated carbocycles. The zero-order valence-corrected chi connectivity index (χ0v) is 19.9. The molecule has 2 aromatic rings. The Balaban J connectivity index is 0.00000420. The van der Waals surface area contributed by atoms with Crippen molar-refractivity contribution >= 4 is 15.9 Å². The normalized spacial score (nSPS) is 10.8. The van der Waals surface area contributed by atoms with Crippen LogP contribution in [0.4, 0.5) is 0 Å². The summed E-state index contributed by atoms with van der Waals surface area (Å²) in [4.78, 5) is 12.4. The van der Waals surface area contributed by atoms with E-state index in [1.165, 1.54) is 13.2 Å². The molecule has 29 heavy (non-hydrogen) atoms. The third-order valence-electron chi connectivity index (χ3n) is 3.84. The molecule has 0 aliphatic carbocycles. The Morgan fingerprint density at radius 1 is 1.07 bits per heavy atom. The van der Waals surface area contributed by atoms with Crippen molar-refractivity contribution in [2.75, 3.05) is 19.5 Å². The van der Waals surface area contributed by atoms with Crippen LogP contribution in [0.25, 0.3) is 0 Å². The molecule has 2 aromatic carbocycles. The smallest absolute Gasteiger partial charge is 0.748 e. The molecule has 0 heterocycles. The minimum absolute atomic E-state index is 0. The first-order valence-electron chi connectivity index (χ1n) is 8.12. The van der Waals surface area contributed by atoms with E-state index in [1.54, 1.807) is 12.1 Å². The number of ketones is 1. The average molecular weight is 451 g/mol. The van der Waals surface area contributed by atoms with Crippen molar-refractivity contribution in [3.63, 3.8) is 0 Å². The van der Waals surface area contributed by atoms with Crippen LogP contribution in [0, 0.1) is 0 Å². The number of carbonyl (C=O) groups is 1. The van der Waals surface area contributed by atoms with Gasteiger partial charge in [-0.05, 0) is 24.1 Å². The Hall–Kier alpha value is -1.34. The van der Waals surface area contributed by atoms with Gasteiger partial charge in [0.2, 0.25) is 0 Å². The number of methoxy groups -OCH3 is 1. The van der Waals surface area contributed by atoms with Crippen LogP contribution in [0.5, 0.6) is 28.7 Å². The summed E-state index contributed by atoms with van der Waals surface area (Å²) in [5, 5.41) is 29.8. The van der Waals surface area contributed by atoms with E-state index in [0.29, 0.717) is 11.3 Å². The van der Waals surface area contributed by atoms with Gasteiger partial charge in [0.25, 0.3) is 0 Å². The Bertz CT molecular complexity index is 950. The van der Waals surface area contributed by atoms with Crippen LogP contribution in [0.15, 0.2) is 30.3 Å². The van der Waals surface area contributed by atoms with Crippen molar-refractivity contribution in [1.82, 2.24) is 0 Å². The van der Waals surface area contributed by atoms with Crippen molar-refractivity contribution in [3.05, 3.63) is 41.5 Å². The summed E-state index contributed by atoms with van der Waals surface area (Å²) in [6, 6.07) is 6.77. The van der Waals surface area contributed by atoms with Gasteiger partial charge in [0, 0.05) is 18.6 Å². The molecule has 0 bridgehead atoms. The van der Waals surface area contributed by atoms with E-state index in [-0.39, 0.29) is 81.3 Å². The number of Topliss-reactive ketones (excluding diaryl/α,β-unsaturated/α-hetero) is 1. The van der Waals surface area contributed by atoms with Crippen LogP contribution in [0.2, 0.25) is 0 Å². The Morgan fingerprint density at radius 2 is 1.69 bits per heavy atom. The average Bonchev–Trinajstić information content (AvgIpc) is 2.58. The molecule has 0 aliphatic rings. The number of phenolic OH excluding ortho intramolecular Hbond substituents is 3. The minimum atomic E-state index is -4.46. The molecule has 152 valence electrons. The van der Waals surface area contributed by atoms with E-state index in [4.69, 9.17) is 9.47 Å². The van der Waals surface area contributed by atoms with Crippen LogP contribution < -0.4 is 60.9 Å². The molecule has 0 spiro atoms. The maximum Gasteiger partial charge on any atom is 1.00 e. The summed E-state index contributed by atoms with van der Waals surface area (Å²) in [7, 11) is -3.04. The second kappa shape index (κ2) is 11.2. The molecule has 0 unspecified atom stereocenters. The van der Waals surface area contributed by atoms with Crippen LogP contribution in [0.3, 0.4) is 0 Å². The molecule has 0 aromatic heterocycles. The molecule has 0 amide bonds. The third kappa shape index (κ3) is 7.77. The number of hydrogen-bond acceptors (Lipinski definition) is 9. The Morgan fingerprint density at radius 3 is 2.21 bits per heavy atom. The first kappa shape index (κ1) is 25.7. The van der Waals surface area contributed by atoms with Crippen LogP contribution in [0.1, 0.15) is 22.3 Å². The van der Waals surface area contributed by atoms with Gasteiger partial charge in [-0.1, -0.05) is 6.07 Å². The van der Waals surface area contributed by atoms with Gasteiger partial charge in [-0.15, -0.1) is 0 Å². The number of ether oxygens (including phenoxy) is 2. The molecular weight excluding hydrogens is 431 g/mol. The fourth-order valence-electron chi connectivity index (χ4n) is 2.49. The van der Waals surface area contributed by atoms with E-state index in [9.17, 15) is 33.1 Å². The summed E-state index contributed by atoms with van der Waals surface area (Å²) in [5.41, 5.74) is 0.353. The Kier molecular flexibility index (Phi) is 9.88. The largest absolute Gasteiger partial charge is 1.00 e. The summed E-state index contributed by atoms with van der Waals surface area (Å²) >= 11 is 0. The van der Waals surface area contributed by atoms with Gasteiger partial charge in [0.05, 0.1) is 23.0 Å². The van der Waals surface area contributed by atoms with E-state index < -0.39 is 39.8 Å². The van der Waals surface area contributed by atoms with Crippen LogP contribution in [-0.4, -0.2) is 53.5 Å². The standard InChI is InChI=1S/C18H20O9S.K/c1-26-17-5-3-11(8-14(17)20)2-4-13(19)18-15(21)9-12(10-16(18)22)27-6-7-28(23,24)25;/h3,5,8-10,20-22H,2,4,6-7H2,1H3,(H,23,24,25);/q;+1/p-1. The quantitative estimate of drug-likeness (QED) is 0.237. The molecule has 2 rings (SSSR count). The topological polar surface area (TPSA) is 153 Å². The van der Waals surface area contributed by atoms with Crippen molar-refractivity contribution in [2.24, 2.45) is 0 Å². The summed E-state index contributed by atoms with van der Waals surface area (Å²) in [6.07, 6.45) is 0.191. The number of aromatic hydroxyl groups is 3. The van der Waals surface area contributed by atoms with Crippen molar-refractivity contribution in [1.29, 1.82) is 0 Å². The zero-order valence-electron chi connectivity index (χ0n) is 15.9. The Labute approximate surface area is 210 Å². The van der Waals surface area contributed by atoms with Gasteiger partial charge < -0.3 is 29.3 Å². The monoisotopic (exact) mass is 450 g/mol. The van der Waals surface area contributed by atoms with E-state index in [2.05, 4.69) is 0 Å². The third-order valence-corrected chi connectivity index (χ3v) is 4.50. The first-order valence-corrected chi connectivity index (χ1v) is 9.70. The van der Waals surface area contributed by atoms with Gasteiger partial charge in [-0.2, -0.15) is 0 Å². The van der Waals surface area contributed by atoms with Crippen molar-refractivity contribution in [3.8, 4) is 28.7 Å². The molecule has 0 aliphatic heterocycles. The number of benzene rings is 2. The maximum absolute atomic E-state index is 12.4. The minimum Gasteiger partial charge on any atom is -0.748 e. The summed E-state index contributed by atoms with van der Waals surface area (Å²) in [6.45, 7) is -0.459. The van der Waals surface area contributed by atoms with E-state index >= 15 is 0 Å². The van der Waals surface area contributed by atoms with Gasteiger partial charge in [-0.25, -0.2) is 8.42 Å². The first-order chi connectivity index (χ1) is 13.1. The van der Waals surface area contributed by atoms with Gasteiger partial charge in [0.1, 0.15) is 29.4 Å². The molecule has 9 nitrogen and oxygen atoms in total. The van der Waals surface area contributed by atoms with Crippen LogP contribution in [-0.2, 0) is 16.5 Å². The maximum atomic E-state index is 12.4. The zero-order chi connectivity index (χ0) is 20.9. The molecule has 0 atom stereocenters. The van der Waals surface area contributed by atoms with E-state index in [1.807, 2.05) is 0 Å². The molecule has 3 N–H and O–H groups in total. The molecule has 0 saturated heterocycles. The molecule has 0 radical (unpaired) electrons. The molecule has 11 heteroatoms. The van der Waals surface area contributed by atoms with Crippen molar-refractivity contribution in [2.45, 2.75) is 12.8 Å². The van der Waals surface area contributed by atoms with Gasteiger partial charge >= 0.3 is 51.4 Å². The van der Waals surface area contributed by atoms with Crippen LogP contribution >= 0.6 is 0 Å². The predicted octanol–water partition coefficient (Wildman–Crippen LogP) is -1.44.